The summed E-state index contributed by atoms with van der Waals surface area (Å²) in [6.07, 6.45) is 1.40. The van der Waals surface area contributed by atoms with Crippen LogP contribution in [0.15, 0.2) is 12.4 Å². The highest BCUT2D eigenvalue weighted by molar-refractivity contribution is 5.92. The molecule has 82 valence electrons. The van der Waals surface area contributed by atoms with Crippen molar-refractivity contribution in [1.82, 2.24) is 20.2 Å². The van der Waals surface area contributed by atoms with Gasteiger partial charge in [0.15, 0.2) is 0 Å². The first-order valence-electron chi connectivity index (χ1n) is 4.81. The van der Waals surface area contributed by atoms with Crippen LogP contribution < -0.4 is 5.32 Å². The molecule has 15 heavy (non-hydrogen) atoms. The van der Waals surface area contributed by atoms with Crippen LogP contribution in [-0.2, 0) is 0 Å². The SMILES string of the molecule is Cc1cc(C(=O)NCCN(C)C)ncn1. The Bertz CT molecular complexity index is 338. The van der Waals surface area contributed by atoms with Crippen molar-refractivity contribution in [3.63, 3.8) is 0 Å². The minimum absolute atomic E-state index is 0.151. The molecule has 1 rings (SSSR count). The van der Waals surface area contributed by atoms with E-state index in [0.29, 0.717) is 12.2 Å². The van der Waals surface area contributed by atoms with Crippen LogP contribution in [0.1, 0.15) is 16.2 Å². The number of aromatic nitrogens is 2. The quantitative estimate of drug-likeness (QED) is 0.761. The van der Waals surface area contributed by atoms with E-state index >= 15 is 0 Å². The van der Waals surface area contributed by atoms with Crippen molar-refractivity contribution in [2.45, 2.75) is 6.92 Å². The molecular formula is C10H16N4O. The van der Waals surface area contributed by atoms with E-state index < -0.39 is 0 Å². The second kappa shape index (κ2) is 5.41. The van der Waals surface area contributed by atoms with E-state index in [0.717, 1.165) is 12.2 Å². The molecule has 0 bridgehead atoms. The highest BCUT2D eigenvalue weighted by atomic mass is 16.1. The Balaban J connectivity index is 2.47. The van der Waals surface area contributed by atoms with Crippen molar-refractivity contribution in [3.8, 4) is 0 Å². The lowest BCUT2D eigenvalue weighted by Crippen LogP contribution is -2.31. The van der Waals surface area contributed by atoms with Crippen LogP contribution in [-0.4, -0.2) is 48.0 Å². The molecule has 1 heterocycles. The van der Waals surface area contributed by atoms with Gasteiger partial charge in [-0.25, -0.2) is 9.97 Å². The lowest BCUT2D eigenvalue weighted by Gasteiger charge is -2.09. The smallest absolute Gasteiger partial charge is 0.270 e. The van der Waals surface area contributed by atoms with Gasteiger partial charge in [0.2, 0.25) is 0 Å². The predicted molar refractivity (Wildman–Crippen MR) is 57.7 cm³/mol. The predicted octanol–water partition coefficient (Wildman–Crippen LogP) is 0.0764. The zero-order valence-electron chi connectivity index (χ0n) is 9.32. The molecule has 0 saturated carbocycles. The van der Waals surface area contributed by atoms with E-state index in [2.05, 4.69) is 15.3 Å². The van der Waals surface area contributed by atoms with Gasteiger partial charge in [0.25, 0.3) is 5.91 Å². The third kappa shape index (κ3) is 4.03. The summed E-state index contributed by atoms with van der Waals surface area (Å²) in [5, 5.41) is 2.79. The van der Waals surface area contributed by atoms with Gasteiger partial charge in [-0.3, -0.25) is 4.79 Å². The number of aryl methyl sites for hydroxylation is 1. The van der Waals surface area contributed by atoms with E-state index in [-0.39, 0.29) is 5.91 Å². The second-order valence-corrected chi connectivity index (χ2v) is 3.60. The van der Waals surface area contributed by atoms with Gasteiger partial charge in [-0.2, -0.15) is 0 Å². The Morgan fingerprint density at radius 1 is 1.47 bits per heavy atom. The van der Waals surface area contributed by atoms with Gasteiger partial charge in [-0.05, 0) is 27.1 Å². The number of hydrogen-bond donors (Lipinski definition) is 1. The molecule has 1 amide bonds. The molecule has 0 aliphatic rings. The van der Waals surface area contributed by atoms with Crippen LogP contribution in [0.5, 0.6) is 0 Å². The van der Waals surface area contributed by atoms with E-state index in [1.54, 1.807) is 6.07 Å². The molecule has 5 heteroatoms. The van der Waals surface area contributed by atoms with E-state index in [1.807, 2.05) is 25.9 Å². The van der Waals surface area contributed by atoms with Gasteiger partial charge in [0.05, 0.1) is 0 Å². The summed E-state index contributed by atoms with van der Waals surface area (Å²) in [5.41, 5.74) is 1.21. The summed E-state index contributed by atoms with van der Waals surface area (Å²) in [6, 6.07) is 1.67. The topological polar surface area (TPSA) is 58.1 Å². The highest BCUT2D eigenvalue weighted by Gasteiger charge is 2.06. The van der Waals surface area contributed by atoms with Crippen molar-refractivity contribution < 1.29 is 4.79 Å². The lowest BCUT2D eigenvalue weighted by atomic mass is 10.3. The largest absolute Gasteiger partial charge is 0.349 e. The molecule has 0 aliphatic heterocycles. The molecule has 0 unspecified atom stereocenters. The maximum absolute atomic E-state index is 11.6. The Kier molecular flexibility index (Phi) is 4.17. The number of carbonyl (C=O) groups is 1. The maximum Gasteiger partial charge on any atom is 0.270 e. The second-order valence-electron chi connectivity index (χ2n) is 3.60. The molecule has 0 saturated heterocycles. The van der Waals surface area contributed by atoms with Crippen molar-refractivity contribution in [1.29, 1.82) is 0 Å². The van der Waals surface area contributed by atoms with Gasteiger partial charge in [-0.1, -0.05) is 0 Å². The van der Waals surface area contributed by atoms with Crippen LogP contribution in [0.25, 0.3) is 0 Å². The Labute approximate surface area is 89.5 Å². The van der Waals surface area contributed by atoms with Gasteiger partial charge < -0.3 is 10.2 Å². The molecule has 0 spiro atoms. The van der Waals surface area contributed by atoms with Gasteiger partial charge in [-0.15, -0.1) is 0 Å². The van der Waals surface area contributed by atoms with Crippen LogP contribution in [0.4, 0.5) is 0 Å². The fourth-order valence-corrected chi connectivity index (χ4v) is 1.06. The first-order valence-corrected chi connectivity index (χ1v) is 4.81. The minimum atomic E-state index is -0.151. The van der Waals surface area contributed by atoms with Crippen LogP contribution >= 0.6 is 0 Å². The van der Waals surface area contributed by atoms with Crippen molar-refractivity contribution in [2.24, 2.45) is 0 Å². The number of nitrogens with zero attached hydrogens (tertiary/aromatic N) is 3. The summed E-state index contributed by atoms with van der Waals surface area (Å²) < 4.78 is 0. The van der Waals surface area contributed by atoms with Gasteiger partial charge >= 0.3 is 0 Å². The lowest BCUT2D eigenvalue weighted by molar-refractivity contribution is 0.0945. The number of hydrogen-bond acceptors (Lipinski definition) is 4. The summed E-state index contributed by atoms with van der Waals surface area (Å²) in [7, 11) is 3.92. The average Bonchev–Trinajstić information content (AvgIpc) is 2.17. The van der Waals surface area contributed by atoms with E-state index in [9.17, 15) is 4.79 Å². The number of amides is 1. The molecule has 1 N–H and O–H groups in total. The van der Waals surface area contributed by atoms with Gasteiger partial charge in [0, 0.05) is 18.8 Å². The molecule has 0 radical (unpaired) electrons. The highest BCUT2D eigenvalue weighted by Crippen LogP contribution is 1.95. The Morgan fingerprint density at radius 3 is 2.80 bits per heavy atom. The monoisotopic (exact) mass is 208 g/mol. The van der Waals surface area contributed by atoms with Gasteiger partial charge in [0.1, 0.15) is 12.0 Å². The molecular weight excluding hydrogens is 192 g/mol. The minimum Gasteiger partial charge on any atom is -0.349 e. The summed E-state index contributed by atoms with van der Waals surface area (Å²) in [6.45, 7) is 3.27. The zero-order valence-corrected chi connectivity index (χ0v) is 9.32. The van der Waals surface area contributed by atoms with E-state index in [1.165, 1.54) is 6.33 Å². The summed E-state index contributed by atoms with van der Waals surface area (Å²) in [5.74, 6) is -0.151. The first-order chi connectivity index (χ1) is 7.09. The maximum atomic E-state index is 11.6. The normalized spacial score (nSPS) is 10.4. The Hall–Kier alpha value is -1.49. The van der Waals surface area contributed by atoms with Crippen LogP contribution in [0, 0.1) is 6.92 Å². The standard InChI is InChI=1S/C10H16N4O/c1-8-6-9(13-7-12-8)10(15)11-4-5-14(2)3/h6-7H,4-5H2,1-3H3,(H,11,15). The van der Waals surface area contributed by atoms with Crippen molar-refractivity contribution >= 4 is 5.91 Å². The molecule has 5 nitrogen and oxygen atoms in total. The molecule has 1 aromatic heterocycles. The van der Waals surface area contributed by atoms with Crippen LogP contribution in [0.2, 0.25) is 0 Å². The van der Waals surface area contributed by atoms with Crippen molar-refractivity contribution in [2.75, 3.05) is 27.2 Å². The number of nitrogens with one attached hydrogen (secondary N) is 1. The average molecular weight is 208 g/mol. The van der Waals surface area contributed by atoms with E-state index in [4.69, 9.17) is 0 Å². The molecule has 0 aliphatic carbocycles. The van der Waals surface area contributed by atoms with Crippen LogP contribution in [0.3, 0.4) is 0 Å². The summed E-state index contributed by atoms with van der Waals surface area (Å²) in [4.78, 5) is 21.4. The number of carbonyl (C=O) groups excluding carboxylic acids is 1. The molecule has 0 aromatic carbocycles. The first kappa shape index (κ1) is 11.6. The fourth-order valence-electron chi connectivity index (χ4n) is 1.06. The fraction of sp³-hybridized carbons (Fsp3) is 0.500. The third-order valence-electron chi connectivity index (χ3n) is 1.88. The summed E-state index contributed by atoms with van der Waals surface area (Å²) >= 11 is 0. The molecule has 0 fully saturated rings. The third-order valence-corrected chi connectivity index (χ3v) is 1.88. The molecule has 1 aromatic rings. The van der Waals surface area contributed by atoms with Crippen molar-refractivity contribution in [3.05, 3.63) is 23.8 Å². The zero-order chi connectivity index (χ0) is 11.3. The number of likely N-dealkylation sites (N-methyl/N-ethyl adjacent to an activating group) is 1. The Morgan fingerprint density at radius 2 is 2.20 bits per heavy atom. The number of rotatable bonds is 4. The molecule has 0 atom stereocenters.